The standard InChI is InChI=1S/C17H17FN4/c18-15-10-13(4-5-16(15)21-8-2-1-3-9-21)14-11-19-17-6-7-20-22(17)12-14/h4-7,10-12H,1-3,8-9H2. The number of nitrogens with zero attached hydrogens (tertiary/aromatic N) is 4. The average Bonchev–Trinajstić information content (AvgIpc) is 3.03. The summed E-state index contributed by atoms with van der Waals surface area (Å²) in [6.45, 7) is 1.88. The second-order valence-corrected chi connectivity index (χ2v) is 5.69. The van der Waals surface area contributed by atoms with E-state index in [1.165, 1.54) is 6.42 Å². The van der Waals surface area contributed by atoms with E-state index in [0.717, 1.165) is 42.7 Å². The highest BCUT2D eigenvalue weighted by molar-refractivity contribution is 5.66. The number of rotatable bonds is 2. The van der Waals surface area contributed by atoms with E-state index in [9.17, 15) is 4.39 Å². The van der Waals surface area contributed by atoms with Gasteiger partial charge in [0.1, 0.15) is 5.82 Å². The van der Waals surface area contributed by atoms with Gasteiger partial charge in [0.25, 0.3) is 0 Å². The third kappa shape index (κ3) is 2.32. The molecule has 0 unspecified atom stereocenters. The molecule has 5 heteroatoms. The molecule has 3 heterocycles. The molecule has 4 nitrogen and oxygen atoms in total. The molecule has 0 amide bonds. The topological polar surface area (TPSA) is 33.4 Å². The summed E-state index contributed by atoms with van der Waals surface area (Å²) in [4.78, 5) is 6.46. The second kappa shape index (κ2) is 5.40. The van der Waals surface area contributed by atoms with Gasteiger partial charge in [-0.25, -0.2) is 13.9 Å². The molecule has 1 aliphatic rings. The molecule has 0 atom stereocenters. The third-order valence-electron chi connectivity index (χ3n) is 4.22. The first-order valence-electron chi connectivity index (χ1n) is 7.65. The van der Waals surface area contributed by atoms with Crippen LogP contribution in [0.5, 0.6) is 0 Å². The van der Waals surface area contributed by atoms with Gasteiger partial charge in [0.05, 0.1) is 11.9 Å². The molecule has 2 aromatic heterocycles. The maximum absolute atomic E-state index is 14.5. The Labute approximate surface area is 128 Å². The summed E-state index contributed by atoms with van der Waals surface area (Å²) in [5.41, 5.74) is 3.18. The molecule has 1 aromatic carbocycles. The maximum Gasteiger partial charge on any atom is 0.154 e. The van der Waals surface area contributed by atoms with Crippen LogP contribution in [0.3, 0.4) is 0 Å². The normalized spacial score (nSPS) is 15.4. The van der Waals surface area contributed by atoms with Gasteiger partial charge in [0.15, 0.2) is 5.65 Å². The summed E-state index contributed by atoms with van der Waals surface area (Å²) in [7, 11) is 0. The van der Waals surface area contributed by atoms with Gasteiger partial charge in [0, 0.05) is 37.1 Å². The van der Waals surface area contributed by atoms with Gasteiger partial charge in [-0.2, -0.15) is 5.10 Å². The molecule has 0 radical (unpaired) electrons. The third-order valence-corrected chi connectivity index (χ3v) is 4.22. The number of hydrogen-bond donors (Lipinski definition) is 0. The van der Waals surface area contributed by atoms with Crippen LogP contribution in [-0.2, 0) is 0 Å². The van der Waals surface area contributed by atoms with Crippen molar-refractivity contribution in [3.63, 3.8) is 0 Å². The van der Waals surface area contributed by atoms with Crippen LogP contribution < -0.4 is 4.90 Å². The lowest BCUT2D eigenvalue weighted by atomic mass is 10.1. The molecular weight excluding hydrogens is 279 g/mol. The lowest BCUT2D eigenvalue weighted by Crippen LogP contribution is -2.30. The van der Waals surface area contributed by atoms with Crippen LogP contribution in [0, 0.1) is 5.82 Å². The van der Waals surface area contributed by atoms with Crippen LogP contribution in [0.15, 0.2) is 42.9 Å². The fourth-order valence-corrected chi connectivity index (χ4v) is 3.04. The van der Waals surface area contributed by atoms with Crippen molar-refractivity contribution in [3.8, 4) is 11.1 Å². The van der Waals surface area contributed by atoms with Gasteiger partial charge in [-0.1, -0.05) is 6.07 Å². The van der Waals surface area contributed by atoms with Crippen LogP contribution >= 0.6 is 0 Å². The molecule has 0 bridgehead atoms. The Hall–Kier alpha value is -2.43. The van der Waals surface area contributed by atoms with Crippen molar-refractivity contribution in [3.05, 3.63) is 48.7 Å². The molecule has 22 heavy (non-hydrogen) atoms. The summed E-state index contributed by atoms with van der Waals surface area (Å²) < 4.78 is 16.2. The van der Waals surface area contributed by atoms with Crippen molar-refractivity contribution >= 4 is 11.3 Å². The molecular formula is C17H17FN4. The number of benzene rings is 1. The van der Waals surface area contributed by atoms with Gasteiger partial charge in [-0.3, -0.25) is 0 Å². The maximum atomic E-state index is 14.5. The number of fused-ring (bicyclic) bond motifs is 1. The van der Waals surface area contributed by atoms with Crippen molar-refractivity contribution in [2.75, 3.05) is 18.0 Å². The first kappa shape index (κ1) is 13.2. The predicted octanol–water partition coefficient (Wildman–Crippen LogP) is 3.53. The molecule has 0 saturated carbocycles. The first-order chi connectivity index (χ1) is 10.8. The highest BCUT2D eigenvalue weighted by Gasteiger charge is 2.15. The van der Waals surface area contributed by atoms with Crippen molar-refractivity contribution in [2.45, 2.75) is 19.3 Å². The molecule has 112 valence electrons. The van der Waals surface area contributed by atoms with E-state index in [1.54, 1.807) is 23.0 Å². The van der Waals surface area contributed by atoms with Crippen molar-refractivity contribution < 1.29 is 4.39 Å². The largest absolute Gasteiger partial charge is 0.369 e. The molecule has 0 spiro atoms. The summed E-state index contributed by atoms with van der Waals surface area (Å²) in [5, 5.41) is 4.17. The van der Waals surface area contributed by atoms with E-state index in [2.05, 4.69) is 15.0 Å². The minimum absolute atomic E-state index is 0.167. The molecule has 1 aliphatic heterocycles. The predicted molar refractivity (Wildman–Crippen MR) is 84.4 cm³/mol. The first-order valence-corrected chi connectivity index (χ1v) is 7.65. The number of halogens is 1. The fourth-order valence-electron chi connectivity index (χ4n) is 3.04. The SMILES string of the molecule is Fc1cc(-c2cnc3ccnn3c2)ccc1N1CCCCC1. The molecule has 1 fully saturated rings. The molecule has 3 aromatic rings. The number of aromatic nitrogens is 3. The lowest BCUT2D eigenvalue weighted by Gasteiger charge is -2.29. The lowest BCUT2D eigenvalue weighted by molar-refractivity contribution is 0.557. The average molecular weight is 296 g/mol. The van der Waals surface area contributed by atoms with E-state index in [-0.39, 0.29) is 5.82 Å². The molecule has 4 rings (SSSR count). The van der Waals surface area contributed by atoms with E-state index in [0.29, 0.717) is 5.69 Å². The van der Waals surface area contributed by atoms with Crippen LogP contribution in [0.2, 0.25) is 0 Å². The Balaban J connectivity index is 1.68. The smallest absolute Gasteiger partial charge is 0.154 e. The van der Waals surface area contributed by atoms with E-state index < -0.39 is 0 Å². The van der Waals surface area contributed by atoms with Crippen molar-refractivity contribution in [2.24, 2.45) is 0 Å². The van der Waals surface area contributed by atoms with Crippen LogP contribution in [-0.4, -0.2) is 27.7 Å². The molecule has 0 aliphatic carbocycles. The quantitative estimate of drug-likeness (QED) is 0.725. The van der Waals surface area contributed by atoms with Crippen LogP contribution in [0.4, 0.5) is 10.1 Å². The Bertz CT molecular complexity index is 805. The van der Waals surface area contributed by atoms with Gasteiger partial charge < -0.3 is 4.90 Å². The van der Waals surface area contributed by atoms with E-state index in [1.807, 2.05) is 24.4 Å². The van der Waals surface area contributed by atoms with Gasteiger partial charge in [-0.05, 0) is 37.0 Å². The van der Waals surface area contributed by atoms with Gasteiger partial charge in [-0.15, -0.1) is 0 Å². The Morgan fingerprint density at radius 1 is 1.00 bits per heavy atom. The number of piperidine rings is 1. The molecule has 0 N–H and O–H groups in total. The summed E-state index contributed by atoms with van der Waals surface area (Å²) >= 11 is 0. The zero-order chi connectivity index (χ0) is 14.9. The fraction of sp³-hybridized carbons (Fsp3) is 0.294. The Morgan fingerprint density at radius 2 is 1.86 bits per heavy atom. The van der Waals surface area contributed by atoms with Crippen molar-refractivity contribution in [1.82, 2.24) is 14.6 Å². The van der Waals surface area contributed by atoms with E-state index >= 15 is 0 Å². The second-order valence-electron chi connectivity index (χ2n) is 5.69. The highest BCUT2D eigenvalue weighted by Crippen LogP contribution is 2.28. The van der Waals surface area contributed by atoms with E-state index in [4.69, 9.17) is 0 Å². The minimum Gasteiger partial charge on any atom is -0.369 e. The Kier molecular flexibility index (Phi) is 3.25. The summed E-state index contributed by atoms with van der Waals surface area (Å²) in [6.07, 6.45) is 8.85. The Morgan fingerprint density at radius 3 is 2.68 bits per heavy atom. The minimum atomic E-state index is -0.167. The van der Waals surface area contributed by atoms with Crippen LogP contribution in [0.25, 0.3) is 16.8 Å². The molecule has 1 saturated heterocycles. The number of anilines is 1. The monoisotopic (exact) mass is 296 g/mol. The summed E-state index contributed by atoms with van der Waals surface area (Å²) in [6, 6.07) is 7.27. The highest BCUT2D eigenvalue weighted by atomic mass is 19.1. The zero-order valence-electron chi connectivity index (χ0n) is 12.2. The number of hydrogen-bond acceptors (Lipinski definition) is 3. The van der Waals surface area contributed by atoms with Gasteiger partial charge in [0.2, 0.25) is 0 Å². The zero-order valence-corrected chi connectivity index (χ0v) is 12.2. The van der Waals surface area contributed by atoms with Crippen LogP contribution in [0.1, 0.15) is 19.3 Å². The van der Waals surface area contributed by atoms with Gasteiger partial charge >= 0.3 is 0 Å². The van der Waals surface area contributed by atoms with Crippen molar-refractivity contribution in [1.29, 1.82) is 0 Å². The summed E-state index contributed by atoms with van der Waals surface area (Å²) in [5.74, 6) is -0.167.